The Morgan fingerprint density at radius 3 is 2.56 bits per heavy atom. The summed E-state index contributed by atoms with van der Waals surface area (Å²) >= 11 is 7.80. The van der Waals surface area contributed by atoms with E-state index in [1.165, 1.54) is 11.8 Å². The van der Waals surface area contributed by atoms with Crippen LogP contribution in [0.15, 0.2) is 53.7 Å². The van der Waals surface area contributed by atoms with Crippen molar-refractivity contribution in [2.75, 3.05) is 13.0 Å². The maximum atomic E-state index is 6.26. The molecule has 0 saturated carbocycles. The Hall–Kier alpha value is -2.18. The van der Waals surface area contributed by atoms with Crippen LogP contribution in [0.4, 0.5) is 0 Å². The summed E-state index contributed by atoms with van der Waals surface area (Å²) < 4.78 is 6.71. The van der Waals surface area contributed by atoms with Crippen LogP contribution in [-0.2, 0) is 6.42 Å². The highest BCUT2D eigenvalue weighted by atomic mass is 35.5. The molecule has 25 heavy (non-hydrogen) atoms. The highest BCUT2D eigenvalue weighted by Crippen LogP contribution is 2.36. The van der Waals surface area contributed by atoms with Gasteiger partial charge in [-0.2, -0.15) is 0 Å². The van der Waals surface area contributed by atoms with Crippen LogP contribution in [0.25, 0.3) is 0 Å². The zero-order valence-corrected chi connectivity index (χ0v) is 15.6. The second kappa shape index (κ2) is 7.80. The summed E-state index contributed by atoms with van der Waals surface area (Å²) in [5.41, 5.74) is 2.14. The first kappa shape index (κ1) is 17.6. The second-order valence-electron chi connectivity index (χ2n) is 5.58. The molecule has 2 aromatic carbocycles. The van der Waals surface area contributed by atoms with Gasteiger partial charge >= 0.3 is 0 Å². The molecule has 1 aromatic heterocycles. The lowest BCUT2D eigenvalue weighted by atomic mass is 10.1. The first-order valence-electron chi connectivity index (χ1n) is 7.82. The van der Waals surface area contributed by atoms with Crippen LogP contribution in [-0.4, -0.2) is 22.0 Å². The number of nitrogen functional groups attached to an aromatic ring is 1. The molecule has 1 atom stereocenters. The number of hydrogen-bond donors (Lipinski definition) is 1. The van der Waals surface area contributed by atoms with Crippen molar-refractivity contribution in [2.45, 2.75) is 23.8 Å². The van der Waals surface area contributed by atoms with Crippen molar-refractivity contribution in [1.29, 1.82) is 0 Å². The molecule has 0 aliphatic heterocycles. The number of thioether (sulfide) groups is 1. The highest BCUT2D eigenvalue weighted by Gasteiger charge is 2.17. The van der Waals surface area contributed by atoms with Crippen molar-refractivity contribution >= 4 is 23.4 Å². The number of benzene rings is 2. The molecule has 130 valence electrons. The molecular weight excluding hydrogens is 356 g/mol. The van der Waals surface area contributed by atoms with E-state index in [0.29, 0.717) is 17.4 Å². The van der Waals surface area contributed by atoms with Crippen LogP contribution < -0.4 is 10.6 Å². The van der Waals surface area contributed by atoms with E-state index in [4.69, 9.17) is 22.2 Å². The number of nitrogens with two attached hydrogens (primary N) is 1. The van der Waals surface area contributed by atoms with Gasteiger partial charge in [0.05, 0.1) is 7.11 Å². The summed E-state index contributed by atoms with van der Waals surface area (Å²) in [7, 11) is 1.65. The molecule has 0 aliphatic rings. The molecule has 0 amide bonds. The van der Waals surface area contributed by atoms with Gasteiger partial charge in [0.2, 0.25) is 5.16 Å². The minimum Gasteiger partial charge on any atom is -0.497 e. The smallest absolute Gasteiger partial charge is 0.210 e. The van der Waals surface area contributed by atoms with E-state index in [-0.39, 0.29) is 5.25 Å². The molecule has 0 fully saturated rings. The maximum absolute atomic E-state index is 6.26. The maximum Gasteiger partial charge on any atom is 0.210 e. The Morgan fingerprint density at radius 2 is 1.88 bits per heavy atom. The van der Waals surface area contributed by atoms with Gasteiger partial charge in [0.15, 0.2) is 5.82 Å². The van der Waals surface area contributed by atoms with Gasteiger partial charge in [-0.05, 0) is 36.2 Å². The number of halogens is 1. The zero-order valence-electron chi connectivity index (χ0n) is 14.0. The number of ether oxygens (including phenoxy) is 1. The minimum atomic E-state index is 0.119. The van der Waals surface area contributed by atoms with E-state index in [9.17, 15) is 0 Å². The predicted octanol–water partition coefficient (Wildman–Crippen LogP) is 4.10. The van der Waals surface area contributed by atoms with Gasteiger partial charge in [-0.15, -0.1) is 10.2 Å². The van der Waals surface area contributed by atoms with Gasteiger partial charge in [0, 0.05) is 16.7 Å². The molecule has 0 bridgehead atoms. The second-order valence-corrected chi connectivity index (χ2v) is 7.29. The van der Waals surface area contributed by atoms with Gasteiger partial charge in [-0.25, -0.2) is 4.68 Å². The molecular formula is C18H19ClN4OS. The largest absolute Gasteiger partial charge is 0.497 e. The number of nitrogens with zero attached hydrogens (tertiary/aromatic N) is 3. The third kappa shape index (κ3) is 4.08. The number of aromatic nitrogens is 3. The predicted molar refractivity (Wildman–Crippen MR) is 102 cm³/mol. The average molecular weight is 375 g/mol. The summed E-state index contributed by atoms with van der Waals surface area (Å²) in [6.07, 6.45) is 0.606. The Kier molecular flexibility index (Phi) is 5.50. The lowest BCUT2D eigenvalue weighted by Gasteiger charge is -2.12. The number of methoxy groups -OCH3 is 1. The van der Waals surface area contributed by atoms with Gasteiger partial charge in [-0.3, -0.25) is 0 Å². The summed E-state index contributed by atoms with van der Waals surface area (Å²) in [5, 5.41) is 9.97. The van der Waals surface area contributed by atoms with Gasteiger partial charge < -0.3 is 10.6 Å². The third-order valence-corrected chi connectivity index (χ3v) is 5.32. The highest BCUT2D eigenvalue weighted by molar-refractivity contribution is 7.99. The van der Waals surface area contributed by atoms with E-state index in [2.05, 4.69) is 17.1 Å². The summed E-state index contributed by atoms with van der Waals surface area (Å²) in [4.78, 5) is 0. The Bertz CT molecular complexity index is 851. The normalized spacial score (nSPS) is 12.1. The molecule has 5 nitrogen and oxygen atoms in total. The van der Waals surface area contributed by atoms with Crippen molar-refractivity contribution in [1.82, 2.24) is 14.9 Å². The van der Waals surface area contributed by atoms with Gasteiger partial charge in [-0.1, -0.05) is 53.7 Å². The van der Waals surface area contributed by atoms with Crippen molar-refractivity contribution in [3.8, 4) is 5.75 Å². The van der Waals surface area contributed by atoms with Crippen molar-refractivity contribution in [3.63, 3.8) is 0 Å². The molecule has 3 rings (SSSR count). The average Bonchev–Trinajstić information content (AvgIpc) is 2.96. The fourth-order valence-corrected chi connectivity index (χ4v) is 3.78. The van der Waals surface area contributed by atoms with Crippen molar-refractivity contribution in [2.24, 2.45) is 0 Å². The Morgan fingerprint density at radius 1 is 1.16 bits per heavy atom. The summed E-state index contributed by atoms with van der Waals surface area (Å²) in [6, 6.07) is 15.6. The first-order valence-corrected chi connectivity index (χ1v) is 9.07. The van der Waals surface area contributed by atoms with E-state index in [1.54, 1.807) is 11.8 Å². The summed E-state index contributed by atoms with van der Waals surface area (Å²) in [5.74, 6) is 7.71. The molecule has 7 heteroatoms. The third-order valence-electron chi connectivity index (χ3n) is 3.88. The van der Waals surface area contributed by atoms with Crippen LogP contribution in [0.1, 0.15) is 29.1 Å². The SMILES string of the molecule is COc1ccc(Cc2nnc(S[C@@H](C)c3ccccc3Cl)n2N)cc1. The monoisotopic (exact) mass is 374 g/mol. The number of rotatable bonds is 6. The standard InChI is InChI=1S/C18H19ClN4OS/c1-12(15-5-3-4-6-16(15)19)25-18-22-21-17(23(18)20)11-13-7-9-14(24-2)10-8-13/h3-10,12H,11,20H2,1-2H3/t12-/m0/s1. The van der Waals surface area contributed by atoms with Crippen LogP contribution in [0.5, 0.6) is 5.75 Å². The van der Waals surface area contributed by atoms with Gasteiger partial charge in [0.1, 0.15) is 5.75 Å². The van der Waals surface area contributed by atoms with E-state index in [1.807, 2.05) is 48.5 Å². The Balaban J connectivity index is 1.73. The molecule has 2 N–H and O–H groups in total. The molecule has 1 heterocycles. The lowest BCUT2D eigenvalue weighted by molar-refractivity contribution is 0.414. The quantitative estimate of drug-likeness (QED) is 0.519. The number of hydrogen-bond acceptors (Lipinski definition) is 5. The fourth-order valence-electron chi connectivity index (χ4n) is 2.46. The molecule has 0 aliphatic carbocycles. The van der Waals surface area contributed by atoms with Crippen LogP contribution in [0.3, 0.4) is 0 Å². The lowest BCUT2D eigenvalue weighted by Crippen LogP contribution is -2.14. The first-order chi connectivity index (χ1) is 12.1. The molecule has 0 saturated heterocycles. The van der Waals surface area contributed by atoms with Crippen molar-refractivity contribution < 1.29 is 4.74 Å². The summed E-state index contributed by atoms with van der Waals surface area (Å²) in [6.45, 7) is 2.07. The molecule has 3 aromatic rings. The van der Waals surface area contributed by atoms with E-state index in [0.717, 1.165) is 21.9 Å². The van der Waals surface area contributed by atoms with E-state index < -0.39 is 0 Å². The zero-order chi connectivity index (χ0) is 17.8. The fraction of sp³-hybridized carbons (Fsp3) is 0.222. The van der Waals surface area contributed by atoms with Crippen LogP contribution >= 0.6 is 23.4 Å². The molecule has 0 spiro atoms. The van der Waals surface area contributed by atoms with Crippen LogP contribution in [0.2, 0.25) is 5.02 Å². The molecule has 0 unspecified atom stereocenters. The van der Waals surface area contributed by atoms with Crippen molar-refractivity contribution in [3.05, 3.63) is 70.5 Å². The van der Waals surface area contributed by atoms with Crippen LogP contribution in [0, 0.1) is 0 Å². The van der Waals surface area contributed by atoms with E-state index >= 15 is 0 Å². The molecule has 0 radical (unpaired) electrons. The van der Waals surface area contributed by atoms with Gasteiger partial charge in [0.25, 0.3) is 0 Å². The minimum absolute atomic E-state index is 0.119. The Labute approximate surface area is 156 Å². The topological polar surface area (TPSA) is 66.0 Å².